The summed E-state index contributed by atoms with van der Waals surface area (Å²) in [5.74, 6) is 0. The van der Waals surface area contributed by atoms with Crippen molar-refractivity contribution < 1.29 is 36.4 Å². The fraction of sp³-hybridized carbons (Fsp3) is 0.250. The molecule has 3 heteroatoms. The molecule has 2 unspecified atom stereocenters. The van der Waals surface area contributed by atoms with Gasteiger partial charge in [0.25, 0.3) is 0 Å². The molecule has 0 aromatic heterocycles. The van der Waals surface area contributed by atoms with Crippen LogP contribution in [-0.2, 0) is 39.0 Å². The van der Waals surface area contributed by atoms with Crippen LogP contribution in [0.25, 0.3) is 43.8 Å². The molecule has 1 saturated carbocycles. The first-order valence-electron chi connectivity index (χ1n) is 15.4. The number of fused-ring (bicyclic) bond motifs is 2. The Morgan fingerprint density at radius 3 is 1.30 bits per heavy atom. The van der Waals surface area contributed by atoms with Crippen molar-refractivity contribution in [3.05, 3.63) is 132 Å². The van der Waals surface area contributed by atoms with E-state index in [0.717, 1.165) is 38.5 Å². The SMILES string of the molecule is CCc1cc2c(-c3ccccc3)cccc2[cH-]1.CCc1cc2c(-c3ccccc3)cccc2[cH-]1.OC1CCCCC1O.[Zr+2]. The Kier molecular flexibility index (Phi) is 12.3. The van der Waals surface area contributed by atoms with Gasteiger partial charge in [0.2, 0.25) is 0 Å². The van der Waals surface area contributed by atoms with Crippen LogP contribution in [0.2, 0.25) is 0 Å². The normalized spacial score (nSPS) is 16.0. The van der Waals surface area contributed by atoms with E-state index in [4.69, 9.17) is 10.2 Å². The molecule has 0 heterocycles. The summed E-state index contributed by atoms with van der Waals surface area (Å²) >= 11 is 0. The van der Waals surface area contributed by atoms with Crippen LogP contribution < -0.4 is 0 Å². The summed E-state index contributed by atoms with van der Waals surface area (Å²) in [5.41, 5.74) is 8.11. The molecule has 1 fully saturated rings. The molecular formula is C40H42O2Zr. The van der Waals surface area contributed by atoms with Crippen LogP contribution in [0.5, 0.6) is 0 Å². The Bertz CT molecular complexity index is 1550. The van der Waals surface area contributed by atoms with Crippen molar-refractivity contribution in [1.82, 2.24) is 0 Å². The van der Waals surface area contributed by atoms with Gasteiger partial charge in [-0.05, 0) is 36.8 Å². The minimum atomic E-state index is -0.441. The average Bonchev–Trinajstić information content (AvgIpc) is 3.68. The number of aliphatic hydroxyl groups is 2. The van der Waals surface area contributed by atoms with Gasteiger partial charge < -0.3 is 10.2 Å². The van der Waals surface area contributed by atoms with Crippen molar-refractivity contribution in [1.29, 1.82) is 0 Å². The Morgan fingerprint density at radius 1 is 0.558 bits per heavy atom. The van der Waals surface area contributed by atoms with Crippen LogP contribution in [0.15, 0.2) is 121 Å². The van der Waals surface area contributed by atoms with E-state index in [1.807, 2.05) is 0 Å². The second-order valence-electron chi connectivity index (χ2n) is 11.2. The molecule has 0 aliphatic heterocycles. The molecular weight excluding hydrogens is 604 g/mol. The molecule has 0 spiro atoms. The van der Waals surface area contributed by atoms with E-state index < -0.39 is 12.2 Å². The smallest absolute Gasteiger partial charge is 0.390 e. The fourth-order valence-corrected chi connectivity index (χ4v) is 5.83. The predicted molar refractivity (Wildman–Crippen MR) is 179 cm³/mol. The maximum Gasteiger partial charge on any atom is 2.00 e. The largest absolute Gasteiger partial charge is 2.00 e. The van der Waals surface area contributed by atoms with Gasteiger partial charge in [-0.25, -0.2) is 0 Å². The summed E-state index contributed by atoms with van der Waals surface area (Å²) in [6, 6.07) is 43.5. The summed E-state index contributed by atoms with van der Waals surface area (Å²) in [7, 11) is 0. The van der Waals surface area contributed by atoms with Gasteiger partial charge in [-0.1, -0.05) is 111 Å². The summed E-state index contributed by atoms with van der Waals surface area (Å²) in [6.45, 7) is 4.41. The van der Waals surface area contributed by atoms with Gasteiger partial charge in [-0.15, -0.1) is 69.1 Å². The van der Waals surface area contributed by atoms with Crippen LogP contribution >= 0.6 is 0 Å². The number of aryl methyl sites for hydroxylation is 2. The van der Waals surface area contributed by atoms with Gasteiger partial charge in [-0.3, -0.25) is 0 Å². The molecule has 7 rings (SSSR count). The molecule has 218 valence electrons. The van der Waals surface area contributed by atoms with Crippen molar-refractivity contribution >= 4 is 21.5 Å². The van der Waals surface area contributed by atoms with Gasteiger partial charge in [0.15, 0.2) is 0 Å². The number of hydrogen-bond donors (Lipinski definition) is 2. The zero-order valence-electron chi connectivity index (χ0n) is 25.3. The molecule has 1 aliphatic rings. The van der Waals surface area contributed by atoms with E-state index >= 15 is 0 Å². The molecule has 0 radical (unpaired) electrons. The molecule has 1 aliphatic carbocycles. The van der Waals surface area contributed by atoms with E-state index in [1.165, 1.54) is 54.9 Å². The van der Waals surface area contributed by atoms with Crippen LogP contribution in [0.4, 0.5) is 0 Å². The quantitative estimate of drug-likeness (QED) is 0.187. The maximum atomic E-state index is 8.93. The van der Waals surface area contributed by atoms with Crippen LogP contribution in [0, 0.1) is 0 Å². The minimum absolute atomic E-state index is 0. The van der Waals surface area contributed by atoms with E-state index in [2.05, 4.69) is 135 Å². The van der Waals surface area contributed by atoms with Gasteiger partial charge in [0.05, 0.1) is 12.2 Å². The second-order valence-corrected chi connectivity index (χ2v) is 11.2. The average molecular weight is 646 g/mol. The number of hydrogen-bond acceptors (Lipinski definition) is 2. The number of benzene rings is 4. The predicted octanol–water partition coefficient (Wildman–Crippen LogP) is 9.86. The Labute approximate surface area is 275 Å². The molecule has 0 amide bonds. The zero-order valence-corrected chi connectivity index (χ0v) is 27.8. The Morgan fingerprint density at radius 2 is 0.953 bits per heavy atom. The monoisotopic (exact) mass is 644 g/mol. The van der Waals surface area contributed by atoms with E-state index in [-0.39, 0.29) is 26.2 Å². The van der Waals surface area contributed by atoms with Crippen molar-refractivity contribution in [2.75, 3.05) is 0 Å². The fourth-order valence-electron chi connectivity index (χ4n) is 5.83. The van der Waals surface area contributed by atoms with Crippen LogP contribution in [-0.4, -0.2) is 22.4 Å². The number of rotatable bonds is 4. The second kappa shape index (κ2) is 16.1. The first-order chi connectivity index (χ1) is 20.6. The van der Waals surface area contributed by atoms with Gasteiger partial charge in [-0.2, -0.15) is 12.1 Å². The molecule has 0 bridgehead atoms. The van der Waals surface area contributed by atoms with Crippen molar-refractivity contribution in [3.63, 3.8) is 0 Å². The topological polar surface area (TPSA) is 40.5 Å². The minimum Gasteiger partial charge on any atom is -0.390 e. The van der Waals surface area contributed by atoms with Crippen LogP contribution in [0.1, 0.15) is 50.7 Å². The first-order valence-corrected chi connectivity index (χ1v) is 15.4. The Balaban J connectivity index is 0.000000155. The van der Waals surface area contributed by atoms with Crippen LogP contribution in [0.3, 0.4) is 0 Å². The Hall–Kier alpha value is -3.10. The summed E-state index contributed by atoms with van der Waals surface area (Å²) in [4.78, 5) is 0. The van der Waals surface area contributed by atoms with Crippen molar-refractivity contribution in [3.8, 4) is 22.3 Å². The van der Waals surface area contributed by atoms with Crippen molar-refractivity contribution in [2.45, 2.75) is 64.6 Å². The molecule has 0 saturated heterocycles. The first kappa shape index (κ1) is 32.8. The van der Waals surface area contributed by atoms with Crippen molar-refractivity contribution in [2.24, 2.45) is 0 Å². The third-order valence-electron chi connectivity index (χ3n) is 8.30. The third-order valence-corrected chi connectivity index (χ3v) is 8.30. The summed E-state index contributed by atoms with van der Waals surface area (Å²) in [5, 5.41) is 23.3. The van der Waals surface area contributed by atoms with Gasteiger partial charge >= 0.3 is 26.2 Å². The van der Waals surface area contributed by atoms with E-state index in [0.29, 0.717) is 0 Å². The third kappa shape index (κ3) is 8.30. The molecule has 6 aromatic rings. The van der Waals surface area contributed by atoms with E-state index in [9.17, 15) is 0 Å². The molecule has 2 nitrogen and oxygen atoms in total. The molecule has 43 heavy (non-hydrogen) atoms. The number of aliphatic hydroxyl groups excluding tert-OH is 2. The van der Waals surface area contributed by atoms with Gasteiger partial charge in [0, 0.05) is 0 Å². The summed E-state index contributed by atoms with van der Waals surface area (Å²) < 4.78 is 0. The summed E-state index contributed by atoms with van der Waals surface area (Å²) in [6.07, 6.45) is 5.01. The molecule has 2 atom stereocenters. The molecule has 6 aromatic carbocycles. The maximum absolute atomic E-state index is 8.93. The van der Waals surface area contributed by atoms with Gasteiger partial charge in [0.1, 0.15) is 0 Å². The zero-order chi connectivity index (χ0) is 29.3. The van der Waals surface area contributed by atoms with E-state index in [1.54, 1.807) is 0 Å². The standard InChI is InChI=1S/2C17H15.C6H12O2.Zr/c2*1-2-13-11-15-9-6-10-16(17(15)12-13)14-7-4-3-5-8-14;7-5-3-1-2-4-6(5)8;/h2*3-12H,2H2,1H3;5-8H,1-4H2;/q2*-1;;+2. The molecule has 2 N–H and O–H groups in total.